The molecule has 0 radical (unpaired) electrons. The molecule has 1 atom stereocenters. The fraction of sp³-hybridized carbons (Fsp3) is 0.455. The molecular weight excluding hydrogens is 248 g/mol. The van der Waals surface area contributed by atoms with Crippen molar-refractivity contribution in [1.82, 2.24) is 0 Å². The van der Waals surface area contributed by atoms with Crippen molar-refractivity contribution in [3.05, 3.63) is 29.8 Å². The second-order valence-electron chi connectivity index (χ2n) is 4.36. The zero-order valence-corrected chi connectivity index (χ0v) is 9.88. The highest BCUT2D eigenvalue weighted by Gasteiger charge is 2.32. The minimum Gasteiger partial charge on any atom is -0.327 e. The molecule has 3 nitrogen and oxygen atoms in total. The number of benzene rings is 1. The average molecular weight is 261 g/mol. The van der Waals surface area contributed by atoms with Gasteiger partial charge in [0.1, 0.15) is 0 Å². The van der Waals surface area contributed by atoms with Crippen molar-refractivity contribution < 1.29 is 17.2 Å². The normalized spacial score (nSPS) is 18.1. The third kappa shape index (κ3) is 2.81. The van der Waals surface area contributed by atoms with Crippen LogP contribution in [0.1, 0.15) is 12.8 Å². The molecule has 2 N–H and O–H groups in total. The largest absolute Gasteiger partial charge is 0.327 e. The maximum absolute atomic E-state index is 12.9. The summed E-state index contributed by atoms with van der Waals surface area (Å²) >= 11 is 0. The summed E-state index contributed by atoms with van der Waals surface area (Å²) in [6.07, 6.45) is 1.88. The van der Waals surface area contributed by atoms with Gasteiger partial charge in [0.05, 0.1) is 10.6 Å². The van der Waals surface area contributed by atoms with E-state index < -0.39 is 27.5 Å². The van der Waals surface area contributed by atoms with Crippen LogP contribution in [0.3, 0.4) is 0 Å². The van der Waals surface area contributed by atoms with Crippen molar-refractivity contribution in [2.45, 2.75) is 23.8 Å². The van der Waals surface area contributed by atoms with E-state index in [0.717, 1.165) is 25.0 Å². The molecule has 17 heavy (non-hydrogen) atoms. The van der Waals surface area contributed by atoms with Gasteiger partial charge in [0.2, 0.25) is 0 Å². The maximum atomic E-state index is 12.9. The van der Waals surface area contributed by atoms with E-state index >= 15 is 0 Å². The zero-order valence-electron chi connectivity index (χ0n) is 9.07. The molecule has 0 aliphatic heterocycles. The Morgan fingerprint density at radius 2 is 1.94 bits per heavy atom. The molecule has 0 amide bonds. The van der Waals surface area contributed by atoms with E-state index in [9.17, 15) is 17.2 Å². The number of nitrogens with two attached hydrogens (primary N) is 1. The SMILES string of the molecule is NC(CS(=O)(=O)c1ccc(F)c(F)c1)C1CC1. The van der Waals surface area contributed by atoms with Crippen LogP contribution >= 0.6 is 0 Å². The number of sulfone groups is 1. The van der Waals surface area contributed by atoms with Crippen molar-refractivity contribution in [2.75, 3.05) is 5.75 Å². The lowest BCUT2D eigenvalue weighted by atomic mass is 10.2. The molecule has 0 bridgehead atoms. The van der Waals surface area contributed by atoms with Gasteiger partial charge in [-0.15, -0.1) is 0 Å². The third-order valence-electron chi connectivity index (χ3n) is 2.89. The number of hydrogen-bond acceptors (Lipinski definition) is 3. The molecule has 1 aromatic rings. The van der Waals surface area contributed by atoms with Crippen molar-refractivity contribution in [1.29, 1.82) is 0 Å². The van der Waals surface area contributed by atoms with Crippen LogP contribution in [-0.4, -0.2) is 20.2 Å². The highest BCUT2D eigenvalue weighted by Crippen LogP contribution is 2.32. The molecule has 1 aliphatic rings. The smallest absolute Gasteiger partial charge is 0.180 e. The van der Waals surface area contributed by atoms with Crippen LogP contribution in [0, 0.1) is 17.6 Å². The monoisotopic (exact) mass is 261 g/mol. The van der Waals surface area contributed by atoms with E-state index in [4.69, 9.17) is 5.73 Å². The predicted molar refractivity (Wildman–Crippen MR) is 59.1 cm³/mol. The number of rotatable bonds is 4. The van der Waals surface area contributed by atoms with Crippen molar-refractivity contribution >= 4 is 9.84 Å². The summed E-state index contributed by atoms with van der Waals surface area (Å²) in [4.78, 5) is -0.215. The quantitative estimate of drug-likeness (QED) is 0.835. The van der Waals surface area contributed by atoms with Crippen molar-refractivity contribution in [3.63, 3.8) is 0 Å². The first-order chi connectivity index (χ1) is 7.90. The molecule has 1 fully saturated rings. The van der Waals surface area contributed by atoms with Gasteiger partial charge in [0.25, 0.3) is 0 Å². The second kappa shape index (κ2) is 4.34. The van der Waals surface area contributed by atoms with Crippen LogP contribution < -0.4 is 5.73 Å². The molecule has 6 heteroatoms. The summed E-state index contributed by atoms with van der Waals surface area (Å²) in [5.41, 5.74) is 5.72. The highest BCUT2D eigenvalue weighted by molar-refractivity contribution is 7.91. The standard InChI is InChI=1S/C11H13F2NO2S/c12-9-4-3-8(5-10(9)13)17(15,16)6-11(14)7-1-2-7/h3-5,7,11H,1-2,6,14H2. The molecule has 1 saturated carbocycles. The van der Waals surface area contributed by atoms with Gasteiger partial charge in [-0.2, -0.15) is 0 Å². The van der Waals surface area contributed by atoms with E-state index in [2.05, 4.69) is 0 Å². The van der Waals surface area contributed by atoms with Crippen molar-refractivity contribution in [3.8, 4) is 0 Å². The lowest BCUT2D eigenvalue weighted by Crippen LogP contribution is -2.31. The Morgan fingerprint density at radius 3 is 2.47 bits per heavy atom. The molecule has 0 spiro atoms. The second-order valence-corrected chi connectivity index (χ2v) is 6.39. The van der Waals surface area contributed by atoms with Crippen LogP contribution in [-0.2, 0) is 9.84 Å². The summed E-state index contributed by atoms with van der Waals surface area (Å²) in [5, 5.41) is 0. The van der Waals surface area contributed by atoms with Gasteiger partial charge >= 0.3 is 0 Å². The summed E-state index contributed by atoms with van der Waals surface area (Å²) < 4.78 is 49.4. The van der Waals surface area contributed by atoms with Gasteiger partial charge in [-0.3, -0.25) is 0 Å². The zero-order chi connectivity index (χ0) is 12.6. The predicted octanol–water partition coefficient (Wildman–Crippen LogP) is 1.48. The van der Waals surface area contributed by atoms with Gasteiger partial charge in [0.15, 0.2) is 21.5 Å². The molecule has 0 heterocycles. The van der Waals surface area contributed by atoms with E-state index in [1.54, 1.807) is 0 Å². The number of hydrogen-bond donors (Lipinski definition) is 1. The van der Waals surface area contributed by atoms with Crippen LogP contribution in [0.15, 0.2) is 23.1 Å². The van der Waals surface area contributed by atoms with E-state index in [0.29, 0.717) is 6.07 Å². The Balaban J connectivity index is 2.21. The van der Waals surface area contributed by atoms with Crippen LogP contribution in [0.2, 0.25) is 0 Å². The fourth-order valence-electron chi connectivity index (χ4n) is 1.68. The minimum atomic E-state index is -3.64. The summed E-state index contributed by atoms with van der Waals surface area (Å²) in [6.45, 7) is 0. The first-order valence-electron chi connectivity index (χ1n) is 5.33. The maximum Gasteiger partial charge on any atom is 0.180 e. The van der Waals surface area contributed by atoms with Gasteiger partial charge in [-0.05, 0) is 37.0 Å². The Bertz CT molecular complexity index is 526. The molecule has 1 aromatic carbocycles. The summed E-state index contributed by atoms with van der Waals surface area (Å²) in [5.74, 6) is -2.19. The summed E-state index contributed by atoms with van der Waals surface area (Å²) in [6, 6.07) is 2.15. The van der Waals surface area contributed by atoms with Crippen LogP contribution in [0.25, 0.3) is 0 Å². The number of halogens is 2. The van der Waals surface area contributed by atoms with Gasteiger partial charge in [-0.25, -0.2) is 17.2 Å². The molecule has 0 aromatic heterocycles. The Labute approximate surface area is 98.5 Å². The Kier molecular flexibility index (Phi) is 3.18. The van der Waals surface area contributed by atoms with E-state index in [-0.39, 0.29) is 16.6 Å². The molecule has 2 rings (SSSR count). The third-order valence-corrected chi connectivity index (χ3v) is 4.69. The molecular formula is C11H13F2NO2S. The molecule has 1 aliphatic carbocycles. The molecule has 1 unspecified atom stereocenters. The van der Waals surface area contributed by atoms with Crippen LogP contribution in [0.4, 0.5) is 8.78 Å². The first-order valence-corrected chi connectivity index (χ1v) is 6.99. The molecule has 94 valence electrons. The van der Waals surface area contributed by atoms with Crippen molar-refractivity contribution in [2.24, 2.45) is 11.7 Å². The van der Waals surface area contributed by atoms with E-state index in [1.807, 2.05) is 0 Å². The highest BCUT2D eigenvalue weighted by atomic mass is 32.2. The van der Waals surface area contributed by atoms with Gasteiger partial charge < -0.3 is 5.73 Å². The first kappa shape index (κ1) is 12.4. The van der Waals surface area contributed by atoms with E-state index in [1.165, 1.54) is 0 Å². The molecule has 0 saturated heterocycles. The van der Waals surface area contributed by atoms with Crippen LogP contribution in [0.5, 0.6) is 0 Å². The fourth-order valence-corrected chi connectivity index (χ4v) is 3.21. The van der Waals surface area contributed by atoms with Gasteiger partial charge in [-0.1, -0.05) is 0 Å². The Hall–Kier alpha value is -1.01. The van der Waals surface area contributed by atoms with Gasteiger partial charge in [0, 0.05) is 6.04 Å². The summed E-state index contributed by atoms with van der Waals surface area (Å²) in [7, 11) is -3.64. The lowest BCUT2D eigenvalue weighted by molar-refractivity contribution is 0.504. The average Bonchev–Trinajstić information content (AvgIpc) is 3.04. The topological polar surface area (TPSA) is 60.2 Å². The lowest BCUT2D eigenvalue weighted by Gasteiger charge is -2.11. The minimum absolute atomic E-state index is 0.215. The Morgan fingerprint density at radius 1 is 1.29 bits per heavy atom.